The van der Waals surface area contributed by atoms with E-state index in [9.17, 15) is 17.6 Å². The number of Topliss-reactive ketones (excluding diaryl/α,β-unsaturated/α-hetero) is 1. The third-order valence-corrected chi connectivity index (χ3v) is 11.1. The Labute approximate surface area is 250 Å². The number of ketones is 1. The zero-order valence-electron chi connectivity index (χ0n) is 24.1. The summed E-state index contributed by atoms with van der Waals surface area (Å²) >= 11 is 0. The lowest BCUT2D eigenvalue weighted by Crippen LogP contribution is -2.50. The Balaban J connectivity index is 1.30. The fraction of sp³-hybridized carbons (Fsp3) is 0.375. The van der Waals surface area contributed by atoms with Gasteiger partial charge in [-0.05, 0) is 98.0 Å². The van der Waals surface area contributed by atoms with E-state index in [0.29, 0.717) is 37.3 Å². The van der Waals surface area contributed by atoms with Gasteiger partial charge in [0.25, 0.3) is 10.0 Å². The molecule has 0 bridgehead atoms. The first kappa shape index (κ1) is 27.8. The minimum atomic E-state index is -3.88. The van der Waals surface area contributed by atoms with Crippen LogP contribution in [0.1, 0.15) is 72.3 Å². The predicted octanol–water partition coefficient (Wildman–Crippen LogP) is 5.09. The molecule has 7 rings (SSSR count). The molecular formula is C32H33FN6O3S. The lowest BCUT2D eigenvalue weighted by molar-refractivity contribution is 0.0739. The van der Waals surface area contributed by atoms with Crippen molar-refractivity contribution < 1.29 is 17.6 Å². The van der Waals surface area contributed by atoms with E-state index in [2.05, 4.69) is 15.2 Å². The number of carbonyl (C=O) groups excluding carboxylic acids is 1. The number of nitrogens with zero attached hydrogens (tertiary/aromatic N) is 6. The monoisotopic (exact) mass is 600 g/mol. The molecule has 3 aliphatic rings. The maximum absolute atomic E-state index is 14.6. The molecule has 2 fully saturated rings. The molecule has 1 aromatic carbocycles. The molecule has 0 aliphatic heterocycles. The van der Waals surface area contributed by atoms with Gasteiger partial charge in [-0.25, -0.2) is 17.5 Å². The van der Waals surface area contributed by atoms with E-state index in [1.54, 1.807) is 36.3 Å². The largest absolute Gasteiger partial charge is 0.291 e. The highest BCUT2D eigenvalue weighted by Gasteiger charge is 2.51. The summed E-state index contributed by atoms with van der Waals surface area (Å²) in [6.45, 7) is 2.08. The number of hydrogen-bond donors (Lipinski definition) is 0. The van der Waals surface area contributed by atoms with Crippen LogP contribution in [-0.4, -0.2) is 55.6 Å². The summed E-state index contributed by atoms with van der Waals surface area (Å²) in [5.41, 5.74) is 3.97. The van der Waals surface area contributed by atoms with Crippen molar-refractivity contribution in [3.8, 4) is 5.69 Å². The van der Waals surface area contributed by atoms with Crippen molar-refractivity contribution >= 4 is 21.9 Å². The number of carbonyl (C=O) groups is 1. The number of pyridine rings is 1. The molecule has 11 heteroatoms. The van der Waals surface area contributed by atoms with Crippen molar-refractivity contribution in [2.24, 2.45) is 12.5 Å². The van der Waals surface area contributed by atoms with Gasteiger partial charge >= 0.3 is 0 Å². The van der Waals surface area contributed by atoms with Crippen LogP contribution in [0.5, 0.6) is 0 Å². The van der Waals surface area contributed by atoms with Gasteiger partial charge in [0.15, 0.2) is 10.8 Å². The third-order valence-electron chi connectivity index (χ3n) is 9.19. The van der Waals surface area contributed by atoms with Crippen molar-refractivity contribution in [3.05, 3.63) is 95.0 Å². The molecule has 222 valence electrons. The first-order chi connectivity index (χ1) is 20.7. The SMILES string of the molecule is CCN([C@H]1CCC2=Cc3c(cnn3-c3ccc(F)cc3)C[C@]2(C(=O)c2ccc(C3CC3)cn2)C1)S(=O)(=O)c1ccn(C)n1. The molecule has 2 atom stereocenters. The molecule has 0 radical (unpaired) electrons. The van der Waals surface area contributed by atoms with Gasteiger partial charge in [0.05, 0.1) is 23.0 Å². The minimum absolute atomic E-state index is 0.00222. The van der Waals surface area contributed by atoms with Crippen LogP contribution in [0.3, 0.4) is 0 Å². The number of aryl methyl sites for hydroxylation is 1. The standard InChI is InChI=1S/C32H33FN6O3S/c1-3-38(43(41,42)30-14-15-37(2)36-30)27-10-7-24-16-29-23(20-35-39(29)26-11-8-25(33)9-12-26)17-32(24,18-27)31(40)28-13-6-22(19-34-28)21-4-5-21/h6,8-9,11-16,19-21,27H,3-5,7,10,17-18H2,1-2H3/t27-,32-/m0/s1. The molecule has 3 heterocycles. The summed E-state index contributed by atoms with van der Waals surface area (Å²) in [5, 5.41) is 8.80. The van der Waals surface area contributed by atoms with Crippen molar-refractivity contribution in [2.75, 3.05) is 6.54 Å². The molecule has 0 N–H and O–H groups in total. The number of allylic oxidation sites excluding steroid dienone is 1. The number of fused-ring (bicyclic) bond motifs is 2. The molecule has 0 amide bonds. The van der Waals surface area contributed by atoms with E-state index in [0.717, 1.165) is 40.9 Å². The Bertz CT molecular complexity index is 1840. The summed E-state index contributed by atoms with van der Waals surface area (Å²) in [5.74, 6) is 0.0958. The molecule has 0 spiro atoms. The Kier molecular flexibility index (Phi) is 6.70. The molecule has 3 aliphatic carbocycles. The van der Waals surface area contributed by atoms with Crippen LogP contribution >= 0.6 is 0 Å². The molecule has 4 aromatic rings. The predicted molar refractivity (Wildman–Crippen MR) is 159 cm³/mol. The second-order valence-corrected chi connectivity index (χ2v) is 13.7. The van der Waals surface area contributed by atoms with E-state index >= 15 is 0 Å². The number of sulfonamides is 1. The van der Waals surface area contributed by atoms with Crippen LogP contribution in [0.25, 0.3) is 11.8 Å². The second kappa shape index (κ2) is 10.3. The van der Waals surface area contributed by atoms with Crippen LogP contribution in [0, 0.1) is 11.2 Å². The zero-order chi connectivity index (χ0) is 29.9. The quantitative estimate of drug-likeness (QED) is 0.261. The van der Waals surface area contributed by atoms with Crippen LogP contribution < -0.4 is 0 Å². The Morgan fingerprint density at radius 1 is 1.09 bits per heavy atom. The highest BCUT2D eigenvalue weighted by Crippen LogP contribution is 2.51. The summed E-state index contributed by atoms with van der Waals surface area (Å²) in [6, 6.07) is 11.1. The summed E-state index contributed by atoms with van der Waals surface area (Å²) in [4.78, 5) is 19.2. The third kappa shape index (κ3) is 4.75. The van der Waals surface area contributed by atoms with Gasteiger partial charge < -0.3 is 0 Å². The van der Waals surface area contributed by atoms with E-state index < -0.39 is 21.5 Å². The number of halogens is 1. The summed E-state index contributed by atoms with van der Waals surface area (Å²) in [6.07, 6.45) is 11.3. The van der Waals surface area contributed by atoms with Crippen molar-refractivity contribution in [1.82, 2.24) is 28.9 Å². The molecule has 9 nitrogen and oxygen atoms in total. The van der Waals surface area contributed by atoms with E-state index in [1.165, 1.54) is 27.2 Å². The van der Waals surface area contributed by atoms with E-state index in [-0.39, 0.29) is 23.2 Å². The van der Waals surface area contributed by atoms with Gasteiger partial charge in [0.1, 0.15) is 11.5 Å². The van der Waals surface area contributed by atoms with Gasteiger partial charge in [-0.15, -0.1) is 0 Å². The average Bonchev–Trinajstić information content (AvgIpc) is 3.64. The number of rotatable bonds is 8. The highest BCUT2D eigenvalue weighted by molar-refractivity contribution is 7.89. The molecule has 0 saturated heterocycles. The van der Waals surface area contributed by atoms with Crippen LogP contribution in [0.4, 0.5) is 4.39 Å². The number of aromatic nitrogens is 5. The number of hydrogen-bond acceptors (Lipinski definition) is 6. The molecule has 0 unspecified atom stereocenters. The topological polar surface area (TPSA) is 103 Å². The molecule has 3 aromatic heterocycles. The van der Waals surface area contributed by atoms with E-state index in [1.807, 2.05) is 31.3 Å². The summed E-state index contributed by atoms with van der Waals surface area (Å²) in [7, 11) is -2.19. The van der Waals surface area contributed by atoms with Gasteiger partial charge in [-0.1, -0.05) is 18.6 Å². The first-order valence-electron chi connectivity index (χ1n) is 14.8. The normalized spacial score (nSPS) is 21.8. The average molecular weight is 601 g/mol. The smallest absolute Gasteiger partial charge is 0.262 e. The van der Waals surface area contributed by atoms with Crippen molar-refractivity contribution in [1.29, 1.82) is 0 Å². The molecule has 2 saturated carbocycles. The Hall–Kier alpha value is -3.96. The lowest BCUT2D eigenvalue weighted by atomic mass is 9.60. The Morgan fingerprint density at radius 3 is 2.53 bits per heavy atom. The van der Waals surface area contributed by atoms with Gasteiger partial charge in [0.2, 0.25) is 0 Å². The second-order valence-electron chi connectivity index (χ2n) is 11.9. The highest BCUT2D eigenvalue weighted by atomic mass is 32.2. The number of benzene rings is 1. The van der Waals surface area contributed by atoms with Crippen molar-refractivity contribution in [2.45, 2.75) is 62.4 Å². The maximum atomic E-state index is 14.6. The fourth-order valence-electron chi connectivity index (χ4n) is 6.84. The van der Waals surface area contributed by atoms with Gasteiger partial charge in [0, 0.05) is 32.0 Å². The fourth-order valence-corrected chi connectivity index (χ4v) is 8.45. The van der Waals surface area contributed by atoms with Crippen LogP contribution in [0.2, 0.25) is 0 Å². The van der Waals surface area contributed by atoms with E-state index in [4.69, 9.17) is 0 Å². The zero-order valence-corrected chi connectivity index (χ0v) is 25.0. The first-order valence-corrected chi connectivity index (χ1v) is 16.2. The minimum Gasteiger partial charge on any atom is -0.291 e. The molecule has 43 heavy (non-hydrogen) atoms. The van der Waals surface area contributed by atoms with Crippen molar-refractivity contribution in [3.63, 3.8) is 0 Å². The van der Waals surface area contributed by atoms with Crippen LogP contribution in [-0.2, 0) is 23.5 Å². The van der Waals surface area contributed by atoms with Crippen LogP contribution in [0.15, 0.2) is 71.7 Å². The lowest BCUT2D eigenvalue weighted by Gasteiger charge is -2.46. The van der Waals surface area contributed by atoms with Gasteiger partial charge in [-0.2, -0.15) is 14.5 Å². The maximum Gasteiger partial charge on any atom is 0.262 e. The Morgan fingerprint density at radius 2 is 1.88 bits per heavy atom. The molecular weight excluding hydrogens is 567 g/mol. The summed E-state index contributed by atoms with van der Waals surface area (Å²) < 4.78 is 45.9. The van der Waals surface area contributed by atoms with Gasteiger partial charge in [-0.3, -0.25) is 14.5 Å².